The second kappa shape index (κ2) is 6.02. The highest BCUT2D eigenvalue weighted by molar-refractivity contribution is 5.82. The molecule has 3 nitrogen and oxygen atoms in total. The van der Waals surface area contributed by atoms with E-state index >= 15 is 0 Å². The largest absolute Gasteiger partial charge is 0.387 e. The second-order valence-electron chi connectivity index (χ2n) is 4.15. The van der Waals surface area contributed by atoms with Crippen LogP contribution in [0.2, 0.25) is 0 Å². The Labute approximate surface area is 86.7 Å². The number of rotatable bonds is 4. The van der Waals surface area contributed by atoms with E-state index in [1.165, 1.54) is 32.1 Å². The minimum atomic E-state index is 0.178. The molecule has 0 aliphatic heterocycles. The maximum absolute atomic E-state index is 5.95. The Bertz CT molecular complexity index is 186. The molecule has 0 bridgehead atoms. The molecule has 0 radical (unpaired) electrons. The predicted molar refractivity (Wildman–Crippen MR) is 59.5 cm³/mol. The molecular weight excluding hydrogens is 176 g/mol. The first kappa shape index (κ1) is 11.5. The Hall–Kier alpha value is -0.570. The number of methoxy groups -OCH3 is 1. The third-order valence-electron chi connectivity index (χ3n) is 2.96. The van der Waals surface area contributed by atoms with Gasteiger partial charge >= 0.3 is 0 Å². The van der Waals surface area contributed by atoms with Crippen LogP contribution in [-0.4, -0.2) is 25.6 Å². The number of aliphatic imine (C=N–C) groups is 1. The number of hydrogen-bond acceptors (Lipinski definition) is 2. The van der Waals surface area contributed by atoms with Crippen LogP contribution in [-0.2, 0) is 4.74 Å². The van der Waals surface area contributed by atoms with E-state index in [9.17, 15) is 0 Å². The van der Waals surface area contributed by atoms with Crippen LogP contribution >= 0.6 is 0 Å². The van der Waals surface area contributed by atoms with Gasteiger partial charge in [0, 0.05) is 13.0 Å². The molecule has 1 aliphatic rings. The van der Waals surface area contributed by atoms with E-state index in [1.807, 2.05) is 6.92 Å². The van der Waals surface area contributed by atoms with Gasteiger partial charge in [0.2, 0.25) is 0 Å². The molecule has 1 rings (SSSR count). The molecule has 3 heteroatoms. The zero-order valence-electron chi connectivity index (χ0n) is 9.33. The van der Waals surface area contributed by atoms with E-state index < -0.39 is 0 Å². The maximum atomic E-state index is 5.95. The van der Waals surface area contributed by atoms with Gasteiger partial charge < -0.3 is 10.5 Å². The van der Waals surface area contributed by atoms with E-state index in [-0.39, 0.29) is 6.10 Å². The van der Waals surface area contributed by atoms with E-state index in [0.717, 1.165) is 5.84 Å². The van der Waals surface area contributed by atoms with Crippen molar-refractivity contribution >= 4 is 5.84 Å². The molecule has 2 N–H and O–H groups in total. The van der Waals surface area contributed by atoms with Crippen molar-refractivity contribution in [1.29, 1.82) is 0 Å². The molecular formula is C11H22N2O. The third kappa shape index (κ3) is 3.66. The van der Waals surface area contributed by atoms with E-state index in [4.69, 9.17) is 10.5 Å². The molecule has 0 aromatic heterocycles. The first-order valence-corrected chi connectivity index (χ1v) is 5.56. The second-order valence-corrected chi connectivity index (χ2v) is 4.15. The molecule has 1 saturated carbocycles. The topological polar surface area (TPSA) is 47.6 Å². The first-order valence-electron chi connectivity index (χ1n) is 5.56. The molecule has 0 spiro atoms. The van der Waals surface area contributed by atoms with Crippen molar-refractivity contribution in [3.05, 3.63) is 0 Å². The third-order valence-corrected chi connectivity index (χ3v) is 2.96. The quantitative estimate of drug-likeness (QED) is 0.554. The predicted octanol–water partition coefficient (Wildman–Crippen LogP) is 1.96. The van der Waals surface area contributed by atoms with Crippen LogP contribution in [0.4, 0.5) is 0 Å². The molecule has 1 fully saturated rings. The van der Waals surface area contributed by atoms with Crippen LogP contribution in [0.15, 0.2) is 4.99 Å². The maximum Gasteiger partial charge on any atom is 0.0969 e. The van der Waals surface area contributed by atoms with Gasteiger partial charge in [-0.3, -0.25) is 4.99 Å². The minimum Gasteiger partial charge on any atom is -0.387 e. The highest BCUT2D eigenvalue weighted by Crippen LogP contribution is 2.23. The van der Waals surface area contributed by atoms with Crippen LogP contribution in [0.5, 0.6) is 0 Å². The molecule has 1 unspecified atom stereocenters. The van der Waals surface area contributed by atoms with E-state index in [1.54, 1.807) is 7.11 Å². The summed E-state index contributed by atoms with van der Waals surface area (Å²) >= 11 is 0. The molecule has 0 saturated heterocycles. The van der Waals surface area contributed by atoms with Crippen LogP contribution in [0.1, 0.15) is 39.0 Å². The normalized spacial score (nSPS) is 22.3. The summed E-state index contributed by atoms with van der Waals surface area (Å²) in [5, 5.41) is 0. The first-order chi connectivity index (χ1) is 6.74. The summed E-state index contributed by atoms with van der Waals surface area (Å²) in [7, 11) is 1.71. The Morgan fingerprint density at radius 1 is 1.43 bits per heavy atom. The Balaban J connectivity index is 2.34. The van der Waals surface area contributed by atoms with Gasteiger partial charge in [0.1, 0.15) is 0 Å². The Kier molecular flexibility index (Phi) is 4.94. The number of nitrogens with zero attached hydrogens (tertiary/aromatic N) is 1. The molecule has 0 aromatic carbocycles. The summed E-state index contributed by atoms with van der Waals surface area (Å²) in [4.78, 5) is 4.39. The zero-order chi connectivity index (χ0) is 10.4. The molecule has 0 aromatic rings. The fraction of sp³-hybridized carbons (Fsp3) is 0.909. The van der Waals surface area contributed by atoms with Gasteiger partial charge in [0.15, 0.2) is 0 Å². The van der Waals surface area contributed by atoms with Crippen molar-refractivity contribution in [1.82, 2.24) is 0 Å². The van der Waals surface area contributed by atoms with Gasteiger partial charge in [-0.05, 0) is 19.8 Å². The smallest absolute Gasteiger partial charge is 0.0969 e. The fourth-order valence-corrected chi connectivity index (χ4v) is 1.84. The van der Waals surface area contributed by atoms with Gasteiger partial charge in [0.05, 0.1) is 18.5 Å². The molecule has 1 atom stereocenters. The van der Waals surface area contributed by atoms with Crippen molar-refractivity contribution < 1.29 is 4.74 Å². The summed E-state index contributed by atoms with van der Waals surface area (Å²) in [6, 6.07) is 0. The Morgan fingerprint density at radius 2 is 2.07 bits per heavy atom. The van der Waals surface area contributed by atoms with Gasteiger partial charge in [-0.15, -0.1) is 0 Å². The molecule has 82 valence electrons. The van der Waals surface area contributed by atoms with Crippen molar-refractivity contribution in [2.24, 2.45) is 16.6 Å². The van der Waals surface area contributed by atoms with Gasteiger partial charge in [-0.1, -0.05) is 19.3 Å². The van der Waals surface area contributed by atoms with E-state index in [0.29, 0.717) is 12.5 Å². The van der Waals surface area contributed by atoms with Crippen molar-refractivity contribution in [3.8, 4) is 0 Å². The van der Waals surface area contributed by atoms with Gasteiger partial charge in [-0.2, -0.15) is 0 Å². The van der Waals surface area contributed by atoms with Crippen molar-refractivity contribution in [2.45, 2.75) is 45.1 Å². The summed E-state index contributed by atoms with van der Waals surface area (Å²) < 4.78 is 5.13. The van der Waals surface area contributed by atoms with Gasteiger partial charge in [-0.25, -0.2) is 0 Å². The van der Waals surface area contributed by atoms with Crippen LogP contribution in [0.25, 0.3) is 0 Å². The average Bonchev–Trinajstić information content (AvgIpc) is 2.26. The highest BCUT2D eigenvalue weighted by Gasteiger charge is 2.16. The number of hydrogen-bond donors (Lipinski definition) is 1. The summed E-state index contributed by atoms with van der Waals surface area (Å²) in [6.45, 7) is 2.70. The average molecular weight is 198 g/mol. The van der Waals surface area contributed by atoms with Crippen molar-refractivity contribution in [2.75, 3.05) is 13.7 Å². The summed E-state index contributed by atoms with van der Waals surface area (Å²) in [5.74, 6) is 1.38. The Morgan fingerprint density at radius 3 is 2.64 bits per heavy atom. The lowest BCUT2D eigenvalue weighted by Crippen LogP contribution is -2.27. The molecule has 14 heavy (non-hydrogen) atoms. The van der Waals surface area contributed by atoms with Gasteiger partial charge in [0.25, 0.3) is 0 Å². The van der Waals surface area contributed by atoms with Crippen LogP contribution in [0.3, 0.4) is 0 Å². The molecule has 0 heterocycles. The standard InChI is InChI=1S/C11H22N2O/c1-9(14-2)8-13-11(12)10-6-4-3-5-7-10/h9-10H,3-8H2,1-2H3,(H2,12,13). The lowest BCUT2D eigenvalue weighted by Gasteiger charge is -2.21. The fourth-order valence-electron chi connectivity index (χ4n) is 1.84. The van der Waals surface area contributed by atoms with Crippen LogP contribution in [0, 0.1) is 5.92 Å². The molecule has 1 aliphatic carbocycles. The lowest BCUT2D eigenvalue weighted by molar-refractivity contribution is 0.125. The summed E-state index contributed by atoms with van der Waals surface area (Å²) in [5.41, 5.74) is 5.95. The highest BCUT2D eigenvalue weighted by atomic mass is 16.5. The SMILES string of the molecule is COC(C)CN=C(N)C1CCCCC1. The lowest BCUT2D eigenvalue weighted by atomic mass is 9.88. The number of amidine groups is 1. The van der Waals surface area contributed by atoms with Crippen molar-refractivity contribution in [3.63, 3.8) is 0 Å². The van der Waals surface area contributed by atoms with Crippen LogP contribution < -0.4 is 5.73 Å². The number of nitrogens with two attached hydrogens (primary N) is 1. The minimum absolute atomic E-state index is 0.178. The number of ether oxygens (including phenoxy) is 1. The summed E-state index contributed by atoms with van der Waals surface area (Å²) in [6.07, 6.45) is 6.59. The zero-order valence-corrected chi connectivity index (χ0v) is 9.33. The van der Waals surface area contributed by atoms with E-state index in [2.05, 4.69) is 4.99 Å². The molecule has 0 amide bonds. The monoisotopic (exact) mass is 198 g/mol.